The second kappa shape index (κ2) is 13.4. The van der Waals surface area contributed by atoms with Crippen LogP contribution in [0.25, 0.3) is 44.1 Å². The van der Waals surface area contributed by atoms with Gasteiger partial charge in [-0.1, -0.05) is 170 Å². The molecule has 9 aromatic rings. The molecule has 2 aliphatic rings. The van der Waals surface area contributed by atoms with Gasteiger partial charge in [0, 0.05) is 16.3 Å². The highest BCUT2D eigenvalue weighted by molar-refractivity contribution is 6.23. The van der Waals surface area contributed by atoms with Crippen LogP contribution in [-0.2, 0) is 5.41 Å². The zero-order valence-electron chi connectivity index (χ0n) is 31.4. The van der Waals surface area contributed by atoms with Gasteiger partial charge in [-0.05, 0) is 80.4 Å². The van der Waals surface area contributed by atoms with Crippen molar-refractivity contribution in [3.8, 4) is 28.3 Å². The maximum Gasteiger partial charge on any atom is 0.211 e. The first-order chi connectivity index (χ1) is 28.7. The summed E-state index contributed by atoms with van der Waals surface area (Å²) in [7, 11) is 0. The first kappa shape index (κ1) is 33.5. The van der Waals surface area contributed by atoms with E-state index in [1.807, 2.05) is 30.3 Å². The SMILES string of the molecule is N#Cc1ccc(C2N=C(c3cccc(-c4ccccc4)c3)NC(n3c4ccccc4c4c5c(ccc43)C(c3ccccc3)(c3ccccc3)c3ccccc3-5)=N2)cc1. The number of hydrogen-bond acceptors (Lipinski definition) is 4. The summed E-state index contributed by atoms with van der Waals surface area (Å²) in [5, 5.41) is 15.6. The van der Waals surface area contributed by atoms with Crippen molar-refractivity contribution in [3.05, 3.63) is 239 Å². The van der Waals surface area contributed by atoms with Crippen LogP contribution in [0.5, 0.6) is 0 Å². The second-order valence-electron chi connectivity index (χ2n) is 14.9. The van der Waals surface area contributed by atoms with Crippen LogP contribution >= 0.6 is 0 Å². The van der Waals surface area contributed by atoms with E-state index >= 15 is 0 Å². The van der Waals surface area contributed by atoms with Gasteiger partial charge in [0.1, 0.15) is 5.84 Å². The number of amidine groups is 1. The summed E-state index contributed by atoms with van der Waals surface area (Å²) in [6, 6.07) is 72.8. The van der Waals surface area contributed by atoms with E-state index in [-0.39, 0.29) is 0 Å². The molecule has 11 rings (SSSR count). The highest BCUT2D eigenvalue weighted by Gasteiger charge is 2.47. The summed E-state index contributed by atoms with van der Waals surface area (Å²) in [6.07, 6.45) is -0.547. The van der Waals surface area contributed by atoms with Crippen molar-refractivity contribution in [1.82, 2.24) is 9.88 Å². The van der Waals surface area contributed by atoms with Gasteiger partial charge in [-0.15, -0.1) is 0 Å². The van der Waals surface area contributed by atoms with Gasteiger partial charge in [0.2, 0.25) is 5.96 Å². The Morgan fingerprint density at radius 1 is 0.534 bits per heavy atom. The average molecular weight is 742 g/mol. The van der Waals surface area contributed by atoms with E-state index in [9.17, 15) is 5.26 Å². The molecule has 2 heterocycles. The number of nitriles is 1. The predicted octanol–water partition coefficient (Wildman–Crippen LogP) is 11.6. The first-order valence-electron chi connectivity index (χ1n) is 19.6. The summed E-state index contributed by atoms with van der Waals surface area (Å²) in [5.74, 6) is 1.40. The van der Waals surface area contributed by atoms with Crippen LogP contribution in [0.15, 0.2) is 210 Å². The number of aliphatic imine (C=N–C) groups is 2. The molecular weight excluding hydrogens is 707 g/mol. The molecule has 8 aromatic carbocycles. The van der Waals surface area contributed by atoms with Gasteiger partial charge in [0.25, 0.3) is 0 Å². The largest absolute Gasteiger partial charge is 0.310 e. The molecule has 1 aliphatic carbocycles. The fourth-order valence-corrected chi connectivity index (χ4v) is 9.27. The molecule has 58 heavy (non-hydrogen) atoms. The molecule has 0 bridgehead atoms. The molecule has 0 saturated carbocycles. The second-order valence-corrected chi connectivity index (χ2v) is 14.9. The van der Waals surface area contributed by atoms with Crippen LogP contribution in [0.3, 0.4) is 0 Å². The van der Waals surface area contributed by atoms with E-state index in [0.29, 0.717) is 11.5 Å². The molecule has 5 heteroatoms. The van der Waals surface area contributed by atoms with E-state index < -0.39 is 11.6 Å². The van der Waals surface area contributed by atoms with Crippen molar-refractivity contribution in [1.29, 1.82) is 5.26 Å². The molecule has 5 nitrogen and oxygen atoms in total. The lowest BCUT2D eigenvalue weighted by molar-refractivity contribution is 0.745. The molecule has 0 fully saturated rings. The highest BCUT2D eigenvalue weighted by Crippen LogP contribution is 2.58. The van der Waals surface area contributed by atoms with Crippen LogP contribution in [0.2, 0.25) is 0 Å². The Balaban J connectivity index is 1.16. The van der Waals surface area contributed by atoms with Crippen LogP contribution < -0.4 is 5.32 Å². The summed E-state index contributed by atoms with van der Waals surface area (Å²) in [5.41, 5.74) is 13.7. The van der Waals surface area contributed by atoms with Gasteiger partial charge in [-0.25, -0.2) is 9.98 Å². The molecule has 1 N–H and O–H groups in total. The van der Waals surface area contributed by atoms with Gasteiger partial charge < -0.3 is 5.32 Å². The fourth-order valence-electron chi connectivity index (χ4n) is 9.27. The minimum absolute atomic E-state index is 0.517. The third kappa shape index (κ3) is 5.09. The monoisotopic (exact) mass is 741 g/mol. The van der Waals surface area contributed by atoms with Crippen molar-refractivity contribution in [2.24, 2.45) is 9.98 Å². The average Bonchev–Trinajstić information content (AvgIpc) is 3.81. The lowest BCUT2D eigenvalue weighted by atomic mass is 9.67. The van der Waals surface area contributed by atoms with Crippen LogP contribution in [-0.4, -0.2) is 16.4 Å². The zero-order chi connectivity index (χ0) is 38.6. The third-order valence-electron chi connectivity index (χ3n) is 11.8. The third-order valence-corrected chi connectivity index (χ3v) is 11.8. The van der Waals surface area contributed by atoms with E-state index in [1.54, 1.807) is 0 Å². The Hall–Kier alpha value is -7.81. The first-order valence-corrected chi connectivity index (χ1v) is 19.6. The quantitative estimate of drug-likeness (QED) is 0.191. The number of para-hydroxylation sites is 1. The number of benzene rings is 8. The van der Waals surface area contributed by atoms with Crippen molar-refractivity contribution in [2.45, 2.75) is 11.6 Å². The lowest BCUT2D eigenvalue weighted by Crippen LogP contribution is -2.39. The summed E-state index contributed by atoms with van der Waals surface area (Å²) in [4.78, 5) is 10.6. The number of nitrogens with zero attached hydrogens (tertiary/aromatic N) is 4. The number of fused-ring (bicyclic) bond motifs is 7. The van der Waals surface area contributed by atoms with Crippen LogP contribution in [0, 0.1) is 11.3 Å². The van der Waals surface area contributed by atoms with Gasteiger partial charge in [0.15, 0.2) is 6.17 Å². The van der Waals surface area contributed by atoms with Crippen LogP contribution in [0.4, 0.5) is 0 Å². The molecule has 0 radical (unpaired) electrons. The minimum atomic E-state index is -0.547. The maximum atomic E-state index is 9.59. The number of nitrogens with one attached hydrogen (secondary N) is 1. The van der Waals surface area contributed by atoms with Crippen molar-refractivity contribution >= 4 is 33.6 Å². The Morgan fingerprint density at radius 2 is 1.17 bits per heavy atom. The van der Waals surface area contributed by atoms with Crippen molar-refractivity contribution in [3.63, 3.8) is 0 Å². The van der Waals surface area contributed by atoms with E-state index in [4.69, 9.17) is 9.98 Å². The highest BCUT2D eigenvalue weighted by atomic mass is 15.3. The van der Waals surface area contributed by atoms with Crippen molar-refractivity contribution < 1.29 is 0 Å². The summed E-state index contributed by atoms with van der Waals surface area (Å²) in [6.45, 7) is 0. The Morgan fingerprint density at radius 3 is 1.91 bits per heavy atom. The number of rotatable bonds is 5. The Bertz CT molecular complexity index is 3100. The molecule has 0 spiro atoms. The topological polar surface area (TPSA) is 65.5 Å². The molecule has 1 atom stereocenters. The zero-order valence-corrected chi connectivity index (χ0v) is 31.4. The smallest absolute Gasteiger partial charge is 0.211 e. The predicted molar refractivity (Wildman–Crippen MR) is 235 cm³/mol. The van der Waals surface area contributed by atoms with Crippen molar-refractivity contribution in [2.75, 3.05) is 0 Å². The van der Waals surface area contributed by atoms with Gasteiger partial charge in [-0.2, -0.15) is 5.26 Å². The maximum absolute atomic E-state index is 9.59. The Kier molecular flexibility index (Phi) is 7.77. The van der Waals surface area contributed by atoms with E-state index in [1.165, 1.54) is 38.8 Å². The normalized spacial score (nSPS) is 15.2. The summed E-state index contributed by atoms with van der Waals surface area (Å²) >= 11 is 0. The molecule has 1 aliphatic heterocycles. The van der Waals surface area contributed by atoms with Gasteiger partial charge >= 0.3 is 0 Å². The molecule has 1 aromatic heterocycles. The molecular formula is C53H35N5. The molecule has 272 valence electrons. The Labute approximate surface area is 336 Å². The minimum Gasteiger partial charge on any atom is -0.310 e. The van der Waals surface area contributed by atoms with E-state index in [0.717, 1.165) is 44.5 Å². The van der Waals surface area contributed by atoms with Crippen LogP contribution in [0.1, 0.15) is 45.1 Å². The molecule has 0 saturated heterocycles. The molecule has 1 unspecified atom stereocenters. The van der Waals surface area contributed by atoms with E-state index in [2.05, 4.69) is 186 Å². The lowest BCUT2D eigenvalue weighted by Gasteiger charge is -2.33. The fraction of sp³-hybridized carbons (Fsp3) is 0.0377. The molecule has 0 amide bonds. The standard InChI is InChI=1S/C53H35N5/c54-34-35-27-29-37(30-28-35)50-55-51(39-18-14-17-38(33-39)36-15-4-1-5-16-36)57-52(56-50)58-46-26-13-11-24-43(46)49-47(58)32-31-45-48(49)42-23-10-12-25-44(42)53(45,40-19-6-2-7-20-40)41-21-8-3-9-22-41/h1-33,50H,(H,55,56,57). The van der Waals surface area contributed by atoms with Gasteiger partial charge in [-0.3, -0.25) is 4.57 Å². The number of hydrogen-bond donors (Lipinski definition) is 1. The summed E-state index contributed by atoms with van der Waals surface area (Å²) < 4.78 is 2.27. The number of aromatic nitrogens is 1. The van der Waals surface area contributed by atoms with Gasteiger partial charge in [0.05, 0.1) is 28.1 Å².